The lowest BCUT2D eigenvalue weighted by molar-refractivity contribution is -0.115. The normalized spacial score (nSPS) is 15.3. The van der Waals surface area contributed by atoms with Gasteiger partial charge < -0.3 is 15.4 Å². The SMILES string of the molecule is O=C(CNC(=O)c1cccs1)Nc1cccc(S(=O)(=O)N2CCOCC2)c1. The van der Waals surface area contributed by atoms with Gasteiger partial charge in [0.05, 0.1) is 29.5 Å². The Morgan fingerprint density at radius 2 is 1.93 bits per heavy atom. The van der Waals surface area contributed by atoms with E-state index in [-0.39, 0.29) is 17.3 Å². The second-order valence-corrected chi connectivity index (χ2v) is 8.64. The van der Waals surface area contributed by atoms with Crippen LogP contribution in [0.4, 0.5) is 5.69 Å². The summed E-state index contributed by atoms with van der Waals surface area (Å²) in [5.41, 5.74) is 0.347. The van der Waals surface area contributed by atoms with Crippen molar-refractivity contribution in [2.45, 2.75) is 4.90 Å². The Balaban J connectivity index is 1.61. The number of amides is 2. The third-order valence-corrected chi connectivity index (χ3v) is 6.64. The number of benzene rings is 1. The number of morpholine rings is 1. The van der Waals surface area contributed by atoms with Crippen LogP contribution in [0.25, 0.3) is 0 Å². The van der Waals surface area contributed by atoms with Crippen molar-refractivity contribution in [3.8, 4) is 0 Å². The fourth-order valence-corrected chi connectivity index (χ4v) is 4.63. The van der Waals surface area contributed by atoms with Crippen molar-refractivity contribution in [2.75, 3.05) is 38.2 Å². The van der Waals surface area contributed by atoms with Gasteiger partial charge in [0.1, 0.15) is 0 Å². The van der Waals surface area contributed by atoms with Crippen molar-refractivity contribution in [3.05, 3.63) is 46.7 Å². The maximum absolute atomic E-state index is 12.7. The number of rotatable bonds is 6. The van der Waals surface area contributed by atoms with Gasteiger partial charge in [0.15, 0.2) is 0 Å². The molecular formula is C17H19N3O5S2. The van der Waals surface area contributed by atoms with Crippen LogP contribution < -0.4 is 10.6 Å². The number of nitrogens with one attached hydrogen (secondary N) is 2. The third-order valence-electron chi connectivity index (χ3n) is 3.88. The molecule has 8 nitrogen and oxygen atoms in total. The van der Waals surface area contributed by atoms with E-state index in [1.165, 1.54) is 27.8 Å². The Bertz CT molecular complexity index is 906. The first kappa shape index (κ1) is 19.5. The minimum absolute atomic E-state index is 0.102. The van der Waals surface area contributed by atoms with Crippen molar-refractivity contribution < 1.29 is 22.7 Å². The number of carbonyl (C=O) groups excluding carboxylic acids is 2. The van der Waals surface area contributed by atoms with Gasteiger partial charge in [-0.05, 0) is 29.6 Å². The molecule has 144 valence electrons. The zero-order valence-corrected chi connectivity index (χ0v) is 16.0. The predicted molar refractivity (Wildman–Crippen MR) is 101 cm³/mol. The molecular weight excluding hydrogens is 390 g/mol. The van der Waals surface area contributed by atoms with Crippen LogP contribution in [-0.4, -0.2) is 57.4 Å². The van der Waals surface area contributed by atoms with E-state index >= 15 is 0 Å². The number of anilines is 1. The van der Waals surface area contributed by atoms with Crippen LogP contribution in [-0.2, 0) is 19.6 Å². The number of hydrogen-bond acceptors (Lipinski definition) is 6. The van der Waals surface area contributed by atoms with Gasteiger partial charge in [-0.2, -0.15) is 4.31 Å². The average Bonchev–Trinajstić information content (AvgIpc) is 3.22. The van der Waals surface area contributed by atoms with Crippen LogP contribution in [0.5, 0.6) is 0 Å². The maximum atomic E-state index is 12.7. The molecule has 1 aromatic heterocycles. The lowest BCUT2D eigenvalue weighted by atomic mass is 10.3. The van der Waals surface area contributed by atoms with Crippen LogP contribution in [0.3, 0.4) is 0 Å². The summed E-state index contributed by atoms with van der Waals surface area (Å²) >= 11 is 1.28. The first-order valence-corrected chi connectivity index (χ1v) is 10.6. The van der Waals surface area contributed by atoms with E-state index in [0.29, 0.717) is 36.9 Å². The van der Waals surface area contributed by atoms with Crippen molar-refractivity contribution in [1.29, 1.82) is 0 Å². The topological polar surface area (TPSA) is 105 Å². The van der Waals surface area contributed by atoms with Crippen molar-refractivity contribution >= 4 is 38.9 Å². The highest BCUT2D eigenvalue weighted by molar-refractivity contribution is 7.89. The van der Waals surface area contributed by atoms with Crippen molar-refractivity contribution in [1.82, 2.24) is 9.62 Å². The lowest BCUT2D eigenvalue weighted by Crippen LogP contribution is -2.40. The van der Waals surface area contributed by atoms with E-state index in [9.17, 15) is 18.0 Å². The largest absolute Gasteiger partial charge is 0.379 e. The zero-order chi connectivity index (χ0) is 19.3. The molecule has 0 spiro atoms. The van der Waals surface area contributed by atoms with Crippen molar-refractivity contribution in [3.63, 3.8) is 0 Å². The van der Waals surface area contributed by atoms with Gasteiger partial charge in [0.25, 0.3) is 5.91 Å². The highest BCUT2D eigenvalue weighted by Crippen LogP contribution is 2.20. The number of hydrogen-bond donors (Lipinski definition) is 2. The highest BCUT2D eigenvalue weighted by atomic mass is 32.2. The Hall–Kier alpha value is -2.27. The molecule has 3 rings (SSSR count). The second-order valence-electron chi connectivity index (χ2n) is 5.75. The number of nitrogens with zero attached hydrogens (tertiary/aromatic N) is 1. The molecule has 1 saturated heterocycles. The minimum Gasteiger partial charge on any atom is -0.379 e. The monoisotopic (exact) mass is 409 g/mol. The zero-order valence-electron chi connectivity index (χ0n) is 14.4. The van der Waals surface area contributed by atoms with Gasteiger partial charge in [0, 0.05) is 18.8 Å². The summed E-state index contributed by atoms with van der Waals surface area (Å²) in [7, 11) is -3.64. The molecule has 0 aliphatic carbocycles. The molecule has 0 bridgehead atoms. The molecule has 2 aromatic rings. The molecule has 1 aromatic carbocycles. The average molecular weight is 409 g/mol. The quantitative estimate of drug-likeness (QED) is 0.744. The Labute approximate surface area is 161 Å². The number of ether oxygens (including phenoxy) is 1. The van der Waals surface area contributed by atoms with Gasteiger partial charge in [0.2, 0.25) is 15.9 Å². The van der Waals surface area contributed by atoms with Crippen LogP contribution >= 0.6 is 11.3 Å². The predicted octanol–water partition coefficient (Wildman–Crippen LogP) is 1.14. The molecule has 0 saturated carbocycles. The molecule has 27 heavy (non-hydrogen) atoms. The van der Waals surface area contributed by atoms with Crippen LogP contribution in [0.1, 0.15) is 9.67 Å². The molecule has 0 radical (unpaired) electrons. The lowest BCUT2D eigenvalue weighted by Gasteiger charge is -2.26. The molecule has 1 aliphatic rings. The summed E-state index contributed by atoms with van der Waals surface area (Å²) in [5.74, 6) is -0.773. The fraction of sp³-hybridized carbons (Fsp3) is 0.294. The number of carbonyl (C=O) groups is 2. The van der Waals surface area contributed by atoms with Gasteiger partial charge in [-0.3, -0.25) is 9.59 Å². The summed E-state index contributed by atoms with van der Waals surface area (Å²) < 4.78 is 31.9. The Morgan fingerprint density at radius 3 is 2.63 bits per heavy atom. The summed E-state index contributed by atoms with van der Waals surface area (Å²) in [5, 5.41) is 6.89. The molecule has 1 aliphatic heterocycles. The standard InChI is InChI=1S/C17H19N3O5S2/c21-16(12-18-17(22)15-5-2-10-26-15)19-13-3-1-4-14(11-13)27(23,24)20-6-8-25-9-7-20/h1-5,10-11H,6-9,12H2,(H,18,22)(H,19,21). The van der Waals surface area contributed by atoms with Gasteiger partial charge >= 0.3 is 0 Å². The first-order valence-electron chi connectivity index (χ1n) is 8.26. The van der Waals surface area contributed by atoms with E-state index in [2.05, 4.69) is 10.6 Å². The van der Waals surface area contributed by atoms with E-state index < -0.39 is 15.9 Å². The number of thiophene rings is 1. The molecule has 0 atom stereocenters. The molecule has 2 heterocycles. The first-order chi connectivity index (χ1) is 13.0. The Kier molecular flexibility index (Phi) is 6.22. The molecule has 2 N–H and O–H groups in total. The summed E-state index contributed by atoms with van der Waals surface area (Å²) in [6.07, 6.45) is 0. The van der Waals surface area contributed by atoms with E-state index in [1.807, 2.05) is 0 Å². The molecule has 2 amide bonds. The fourth-order valence-electron chi connectivity index (χ4n) is 2.53. The summed E-state index contributed by atoms with van der Waals surface area (Å²) in [4.78, 5) is 24.5. The van der Waals surface area contributed by atoms with Crippen molar-refractivity contribution in [2.24, 2.45) is 0 Å². The van der Waals surface area contributed by atoms with Crippen LogP contribution in [0, 0.1) is 0 Å². The second kappa shape index (κ2) is 8.61. The van der Waals surface area contributed by atoms with E-state index in [1.54, 1.807) is 29.6 Å². The van der Waals surface area contributed by atoms with Gasteiger partial charge in [-0.1, -0.05) is 12.1 Å². The maximum Gasteiger partial charge on any atom is 0.261 e. The molecule has 0 unspecified atom stereocenters. The van der Waals surface area contributed by atoms with Gasteiger partial charge in [-0.25, -0.2) is 8.42 Å². The summed E-state index contributed by atoms with van der Waals surface area (Å²) in [6, 6.07) is 9.46. The minimum atomic E-state index is -3.64. The third kappa shape index (κ3) is 4.92. The Morgan fingerprint density at radius 1 is 1.15 bits per heavy atom. The molecule has 10 heteroatoms. The highest BCUT2D eigenvalue weighted by Gasteiger charge is 2.26. The van der Waals surface area contributed by atoms with Crippen LogP contribution in [0.15, 0.2) is 46.7 Å². The van der Waals surface area contributed by atoms with E-state index in [0.717, 1.165) is 0 Å². The van der Waals surface area contributed by atoms with Crippen LogP contribution in [0.2, 0.25) is 0 Å². The number of sulfonamides is 1. The smallest absolute Gasteiger partial charge is 0.261 e. The molecule has 1 fully saturated rings. The summed E-state index contributed by atoms with van der Waals surface area (Å²) in [6.45, 7) is 1.11. The van der Waals surface area contributed by atoms with E-state index in [4.69, 9.17) is 4.74 Å². The van der Waals surface area contributed by atoms with Gasteiger partial charge in [-0.15, -0.1) is 11.3 Å².